The summed E-state index contributed by atoms with van der Waals surface area (Å²) in [5, 5.41) is 0. The minimum absolute atomic E-state index is 0.250. The molecule has 64 valence electrons. The van der Waals surface area contributed by atoms with Crippen LogP contribution in [0.15, 0.2) is 16.7 Å². The van der Waals surface area contributed by atoms with Crippen LogP contribution in [0, 0.1) is 5.41 Å². The molecule has 0 bridgehead atoms. The molecule has 0 aliphatic heterocycles. The second kappa shape index (κ2) is 1.94. The Morgan fingerprint density at radius 1 is 1.42 bits per heavy atom. The first kappa shape index (κ1) is 6.72. The number of aryl methyl sites for hydroxylation is 1. The smallest absolute Gasteiger partial charge is 0.108 e. The van der Waals surface area contributed by atoms with Crippen LogP contribution in [0.1, 0.15) is 36.6 Å². The van der Waals surface area contributed by atoms with E-state index in [0.29, 0.717) is 5.41 Å². The lowest BCUT2D eigenvalue weighted by atomic mass is 9.81. The average Bonchev–Trinajstić information content (AvgIpc) is 2.69. The van der Waals surface area contributed by atoms with Crippen LogP contribution in [0.4, 0.5) is 0 Å². The third-order valence-electron chi connectivity index (χ3n) is 3.52. The van der Waals surface area contributed by atoms with Crippen LogP contribution >= 0.6 is 0 Å². The third-order valence-corrected chi connectivity index (χ3v) is 3.52. The molecule has 1 fully saturated rings. The molecule has 0 radical (unpaired) electrons. The lowest BCUT2D eigenvalue weighted by Gasteiger charge is -2.27. The van der Waals surface area contributed by atoms with E-state index in [1.807, 2.05) is 6.07 Å². The Morgan fingerprint density at radius 3 is 3.00 bits per heavy atom. The lowest BCUT2D eigenvalue weighted by Crippen LogP contribution is -2.27. The van der Waals surface area contributed by atoms with Crippen LogP contribution in [0.25, 0.3) is 0 Å². The van der Waals surface area contributed by atoms with E-state index in [0.717, 1.165) is 12.2 Å². The van der Waals surface area contributed by atoms with Gasteiger partial charge in [-0.15, -0.1) is 0 Å². The molecule has 1 atom stereocenters. The average molecular weight is 163 g/mol. The van der Waals surface area contributed by atoms with Crippen molar-refractivity contribution in [2.75, 3.05) is 0 Å². The molecule has 2 nitrogen and oxygen atoms in total. The minimum Gasteiger partial charge on any atom is -0.469 e. The van der Waals surface area contributed by atoms with Crippen molar-refractivity contribution in [1.82, 2.24) is 0 Å². The Morgan fingerprint density at radius 2 is 2.25 bits per heavy atom. The number of hydrogen-bond acceptors (Lipinski definition) is 2. The van der Waals surface area contributed by atoms with Crippen LogP contribution in [0.3, 0.4) is 0 Å². The topological polar surface area (TPSA) is 39.2 Å². The molecule has 0 unspecified atom stereocenters. The molecule has 1 heterocycles. The second-order valence-corrected chi connectivity index (χ2v) is 4.14. The molecule has 0 amide bonds. The van der Waals surface area contributed by atoms with Crippen molar-refractivity contribution in [3.8, 4) is 0 Å². The first-order valence-corrected chi connectivity index (χ1v) is 4.64. The van der Waals surface area contributed by atoms with Gasteiger partial charge in [0.2, 0.25) is 0 Å². The highest BCUT2D eigenvalue weighted by molar-refractivity contribution is 5.29. The van der Waals surface area contributed by atoms with Gasteiger partial charge in [-0.05, 0) is 30.7 Å². The van der Waals surface area contributed by atoms with E-state index in [2.05, 4.69) is 0 Å². The lowest BCUT2D eigenvalue weighted by molar-refractivity contribution is 0.327. The highest BCUT2D eigenvalue weighted by atomic mass is 16.3. The molecular formula is C10H13NO. The molecule has 12 heavy (non-hydrogen) atoms. The van der Waals surface area contributed by atoms with Gasteiger partial charge in [0, 0.05) is 18.0 Å². The van der Waals surface area contributed by atoms with Gasteiger partial charge in [0.1, 0.15) is 5.76 Å². The van der Waals surface area contributed by atoms with Gasteiger partial charge >= 0.3 is 0 Å². The van der Waals surface area contributed by atoms with E-state index < -0.39 is 0 Å². The normalized spacial score (nSPS) is 30.2. The van der Waals surface area contributed by atoms with E-state index in [4.69, 9.17) is 10.2 Å². The summed E-state index contributed by atoms with van der Waals surface area (Å²) in [5.41, 5.74) is 7.90. The van der Waals surface area contributed by atoms with Gasteiger partial charge in [0.05, 0.1) is 6.26 Å². The predicted octanol–water partition coefficient (Wildman–Crippen LogP) is 2.01. The number of hydrogen-bond donors (Lipinski definition) is 1. The van der Waals surface area contributed by atoms with E-state index in [9.17, 15) is 0 Å². The summed E-state index contributed by atoms with van der Waals surface area (Å²) >= 11 is 0. The highest BCUT2D eigenvalue weighted by Gasteiger charge is 2.51. The Balaban J connectivity index is 2.07. The van der Waals surface area contributed by atoms with Crippen LogP contribution in [-0.2, 0) is 6.42 Å². The molecule has 2 aliphatic rings. The van der Waals surface area contributed by atoms with Crippen molar-refractivity contribution in [3.05, 3.63) is 23.7 Å². The maximum atomic E-state index is 6.17. The van der Waals surface area contributed by atoms with Gasteiger partial charge in [-0.2, -0.15) is 0 Å². The zero-order valence-electron chi connectivity index (χ0n) is 7.05. The summed E-state index contributed by atoms with van der Waals surface area (Å²) in [6.07, 6.45) is 6.73. The summed E-state index contributed by atoms with van der Waals surface area (Å²) in [6.45, 7) is 0. The first-order valence-electron chi connectivity index (χ1n) is 4.64. The number of furan rings is 1. The van der Waals surface area contributed by atoms with Crippen molar-refractivity contribution < 1.29 is 4.42 Å². The van der Waals surface area contributed by atoms with E-state index >= 15 is 0 Å². The van der Waals surface area contributed by atoms with Gasteiger partial charge in [-0.3, -0.25) is 0 Å². The second-order valence-electron chi connectivity index (χ2n) is 4.14. The summed E-state index contributed by atoms with van der Waals surface area (Å²) in [6, 6.07) is 2.29. The SMILES string of the molecule is N[C@@H]1c2ccoc2CCC12CC2. The van der Waals surface area contributed by atoms with Crippen LogP contribution < -0.4 is 5.73 Å². The largest absolute Gasteiger partial charge is 0.469 e. The number of rotatable bonds is 0. The molecule has 2 N–H and O–H groups in total. The Labute approximate surface area is 71.7 Å². The van der Waals surface area contributed by atoms with Crippen molar-refractivity contribution in [1.29, 1.82) is 0 Å². The summed E-state index contributed by atoms with van der Waals surface area (Å²) in [4.78, 5) is 0. The predicted molar refractivity (Wildman–Crippen MR) is 45.6 cm³/mol. The molecule has 1 saturated carbocycles. The maximum absolute atomic E-state index is 6.17. The van der Waals surface area contributed by atoms with Gasteiger partial charge in [-0.25, -0.2) is 0 Å². The fourth-order valence-electron chi connectivity index (χ4n) is 2.40. The summed E-state index contributed by atoms with van der Waals surface area (Å²) in [7, 11) is 0. The van der Waals surface area contributed by atoms with Crippen molar-refractivity contribution in [2.45, 2.75) is 31.7 Å². The molecule has 2 aliphatic carbocycles. The van der Waals surface area contributed by atoms with Gasteiger partial charge in [0.15, 0.2) is 0 Å². The monoisotopic (exact) mass is 163 g/mol. The Hall–Kier alpha value is -0.760. The molecular weight excluding hydrogens is 150 g/mol. The fourth-order valence-corrected chi connectivity index (χ4v) is 2.40. The van der Waals surface area contributed by atoms with Crippen LogP contribution in [-0.4, -0.2) is 0 Å². The molecule has 1 aromatic rings. The first-order chi connectivity index (χ1) is 5.82. The maximum Gasteiger partial charge on any atom is 0.108 e. The van der Waals surface area contributed by atoms with E-state index in [1.165, 1.54) is 24.8 Å². The van der Waals surface area contributed by atoms with Gasteiger partial charge in [-0.1, -0.05) is 0 Å². The third kappa shape index (κ3) is 0.686. The summed E-state index contributed by atoms with van der Waals surface area (Å²) in [5.74, 6) is 1.13. The molecule has 0 saturated heterocycles. The van der Waals surface area contributed by atoms with Crippen molar-refractivity contribution in [3.63, 3.8) is 0 Å². The zero-order valence-corrected chi connectivity index (χ0v) is 7.05. The standard InChI is InChI=1S/C10H13NO/c11-9-7-2-6-12-8(7)1-3-10(9)4-5-10/h2,6,9H,1,3-5,11H2/t9-/m1/s1. The fraction of sp³-hybridized carbons (Fsp3) is 0.600. The molecule has 3 rings (SSSR count). The quantitative estimate of drug-likeness (QED) is 0.635. The van der Waals surface area contributed by atoms with Gasteiger partial charge in [0.25, 0.3) is 0 Å². The zero-order chi connectivity index (χ0) is 8.18. The number of fused-ring (bicyclic) bond motifs is 1. The molecule has 2 heteroatoms. The minimum atomic E-state index is 0.250. The molecule has 0 aromatic carbocycles. The van der Waals surface area contributed by atoms with E-state index in [1.54, 1.807) is 6.26 Å². The molecule has 1 aromatic heterocycles. The van der Waals surface area contributed by atoms with Crippen LogP contribution in [0.2, 0.25) is 0 Å². The Kier molecular flexibility index (Phi) is 1.09. The summed E-state index contributed by atoms with van der Waals surface area (Å²) < 4.78 is 5.37. The highest BCUT2D eigenvalue weighted by Crippen LogP contribution is 2.59. The van der Waals surface area contributed by atoms with Crippen molar-refractivity contribution >= 4 is 0 Å². The van der Waals surface area contributed by atoms with E-state index in [-0.39, 0.29) is 6.04 Å². The van der Waals surface area contributed by atoms with Crippen LogP contribution in [0.5, 0.6) is 0 Å². The Bertz CT molecular complexity index is 311. The number of nitrogens with two attached hydrogens (primary N) is 1. The molecule has 1 spiro atoms. The van der Waals surface area contributed by atoms with Gasteiger partial charge < -0.3 is 10.2 Å². The van der Waals surface area contributed by atoms with Crippen molar-refractivity contribution in [2.24, 2.45) is 11.1 Å².